The van der Waals surface area contributed by atoms with Crippen LogP contribution in [0.5, 0.6) is 17.2 Å². The van der Waals surface area contributed by atoms with E-state index in [0.29, 0.717) is 25.4 Å². The average molecular weight is 353 g/mol. The summed E-state index contributed by atoms with van der Waals surface area (Å²) in [5.74, 6) is 2.40. The highest BCUT2D eigenvalue weighted by molar-refractivity contribution is 5.94. The molecule has 0 bridgehead atoms. The Morgan fingerprint density at radius 2 is 1.88 bits per heavy atom. The predicted octanol–water partition coefficient (Wildman–Crippen LogP) is 3.83. The molecule has 1 fully saturated rings. The second-order valence-electron chi connectivity index (χ2n) is 6.52. The summed E-state index contributed by atoms with van der Waals surface area (Å²) in [5, 5.41) is 0. The van der Waals surface area contributed by atoms with E-state index >= 15 is 0 Å². The molecule has 0 N–H and O–H groups in total. The Kier molecular flexibility index (Phi) is 4.69. The van der Waals surface area contributed by atoms with Gasteiger partial charge in [-0.1, -0.05) is 6.07 Å². The van der Waals surface area contributed by atoms with E-state index in [0.717, 1.165) is 42.2 Å². The van der Waals surface area contributed by atoms with Crippen LogP contribution >= 0.6 is 0 Å². The molecular formula is C21H23NO4. The molecule has 0 saturated carbocycles. The van der Waals surface area contributed by atoms with E-state index < -0.39 is 0 Å². The lowest BCUT2D eigenvalue weighted by Crippen LogP contribution is -2.30. The van der Waals surface area contributed by atoms with Gasteiger partial charge in [0.05, 0.1) is 12.6 Å². The molecule has 5 nitrogen and oxygen atoms in total. The number of carbonyl (C=O) groups excluding carboxylic acids is 1. The van der Waals surface area contributed by atoms with Crippen LogP contribution in [0.25, 0.3) is 0 Å². The van der Waals surface area contributed by atoms with Gasteiger partial charge in [0, 0.05) is 12.1 Å². The monoisotopic (exact) mass is 353 g/mol. The molecule has 0 aromatic heterocycles. The molecule has 2 aromatic carbocycles. The Morgan fingerprint density at radius 3 is 2.65 bits per heavy atom. The zero-order valence-corrected chi connectivity index (χ0v) is 14.9. The minimum Gasteiger partial charge on any atom is -0.494 e. The Hall–Kier alpha value is -2.69. The molecule has 4 rings (SSSR count). The van der Waals surface area contributed by atoms with Crippen molar-refractivity contribution in [2.45, 2.75) is 25.8 Å². The Labute approximate surface area is 153 Å². The average Bonchev–Trinajstić information content (AvgIpc) is 3.18. The number of rotatable bonds is 4. The number of hydrogen-bond acceptors (Lipinski definition) is 4. The fourth-order valence-corrected chi connectivity index (χ4v) is 3.65. The zero-order chi connectivity index (χ0) is 17.9. The first-order valence-electron chi connectivity index (χ1n) is 9.19. The largest absolute Gasteiger partial charge is 0.494 e. The molecule has 2 aromatic rings. The molecule has 1 amide bonds. The molecule has 136 valence electrons. The van der Waals surface area contributed by atoms with Crippen molar-refractivity contribution in [1.29, 1.82) is 0 Å². The number of ether oxygens (including phenoxy) is 3. The third-order valence-electron chi connectivity index (χ3n) is 4.88. The van der Waals surface area contributed by atoms with Gasteiger partial charge in [-0.2, -0.15) is 0 Å². The van der Waals surface area contributed by atoms with Crippen molar-refractivity contribution < 1.29 is 19.0 Å². The number of benzene rings is 2. The summed E-state index contributed by atoms with van der Waals surface area (Å²) in [6.07, 6.45) is 1.96. The van der Waals surface area contributed by atoms with Crippen LogP contribution in [0.2, 0.25) is 0 Å². The first-order chi connectivity index (χ1) is 12.8. The van der Waals surface area contributed by atoms with Crippen LogP contribution in [0.3, 0.4) is 0 Å². The van der Waals surface area contributed by atoms with Gasteiger partial charge in [-0.25, -0.2) is 0 Å². The fraction of sp³-hybridized carbons (Fsp3) is 0.381. The summed E-state index contributed by atoms with van der Waals surface area (Å²) < 4.78 is 16.8. The van der Waals surface area contributed by atoms with Gasteiger partial charge in [0.1, 0.15) is 19.0 Å². The standard InChI is InChI=1S/C21H23NO4/c1-2-24-17-8-5-15(6-9-17)21(23)22-11-3-4-18(22)16-7-10-19-20(14-16)26-13-12-25-19/h5-10,14,18H,2-4,11-13H2,1H3/t18-/m1/s1. The van der Waals surface area contributed by atoms with Crippen LogP contribution < -0.4 is 14.2 Å². The molecule has 0 radical (unpaired) electrons. The number of hydrogen-bond donors (Lipinski definition) is 0. The van der Waals surface area contributed by atoms with Crippen molar-refractivity contribution in [3.05, 3.63) is 53.6 Å². The van der Waals surface area contributed by atoms with Crippen LogP contribution in [0.1, 0.15) is 41.7 Å². The van der Waals surface area contributed by atoms with Crippen molar-refractivity contribution in [3.63, 3.8) is 0 Å². The smallest absolute Gasteiger partial charge is 0.254 e. The molecule has 0 unspecified atom stereocenters. The lowest BCUT2D eigenvalue weighted by atomic mass is 10.0. The molecule has 2 heterocycles. The minimum absolute atomic E-state index is 0.0606. The third kappa shape index (κ3) is 3.21. The van der Waals surface area contributed by atoms with E-state index in [-0.39, 0.29) is 11.9 Å². The normalized spacial score (nSPS) is 18.7. The summed E-state index contributed by atoms with van der Waals surface area (Å²) in [4.78, 5) is 15.0. The van der Waals surface area contributed by atoms with E-state index in [1.165, 1.54) is 0 Å². The fourth-order valence-electron chi connectivity index (χ4n) is 3.65. The maximum atomic E-state index is 13.0. The Bertz CT molecular complexity index is 787. The van der Waals surface area contributed by atoms with Gasteiger partial charge in [0.15, 0.2) is 11.5 Å². The van der Waals surface area contributed by atoms with E-state index in [1.54, 1.807) is 0 Å². The highest BCUT2D eigenvalue weighted by Crippen LogP contribution is 2.38. The molecule has 1 saturated heterocycles. The molecule has 5 heteroatoms. The van der Waals surface area contributed by atoms with Gasteiger partial charge < -0.3 is 19.1 Å². The number of likely N-dealkylation sites (tertiary alicyclic amines) is 1. The van der Waals surface area contributed by atoms with Gasteiger partial charge >= 0.3 is 0 Å². The molecule has 26 heavy (non-hydrogen) atoms. The van der Waals surface area contributed by atoms with Crippen LogP contribution in [0, 0.1) is 0 Å². The summed E-state index contributed by atoms with van der Waals surface area (Å²) in [6.45, 7) is 4.48. The molecule has 0 aliphatic carbocycles. The van der Waals surface area contributed by atoms with E-state index in [4.69, 9.17) is 14.2 Å². The van der Waals surface area contributed by atoms with Gasteiger partial charge in [0.25, 0.3) is 5.91 Å². The second-order valence-corrected chi connectivity index (χ2v) is 6.52. The highest BCUT2D eigenvalue weighted by atomic mass is 16.6. The van der Waals surface area contributed by atoms with Gasteiger partial charge in [0.2, 0.25) is 0 Å². The summed E-state index contributed by atoms with van der Waals surface area (Å²) >= 11 is 0. The quantitative estimate of drug-likeness (QED) is 0.838. The van der Waals surface area contributed by atoms with Crippen molar-refractivity contribution in [2.75, 3.05) is 26.4 Å². The van der Waals surface area contributed by atoms with Crippen molar-refractivity contribution in [2.24, 2.45) is 0 Å². The number of amides is 1. The van der Waals surface area contributed by atoms with Gasteiger partial charge in [-0.05, 0) is 61.7 Å². The zero-order valence-electron chi connectivity index (χ0n) is 14.9. The number of carbonyl (C=O) groups is 1. The molecule has 2 aliphatic rings. The first kappa shape index (κ1) is 16.8. The van der Waals surface area contributed by atoms with Crippen LogP contribution in [0.15, 0.2) is 42.5 Å². The van der Waals surface area contributed by atoms with Gasteiger partial charge in [-0.15, -0.1) is 0 Å². The molecular weight excluding hydrogens is 330 g/mol. The predicted molar refractivity (Wildman–Crippen MR) is 98.1 cm³/mol. The Balaban J connectivity index is 1.55. The lowest BCUT2D eigenvalue weighted by Gasteiger charge is -2.27. The van der Waals surface area contributed by atoms with E-state index in [2.05, 4.69) is 0 Å². The third-order valence-corrected chi connectivity index (χ3v) is 4.88. The van der Waals surface area contributed by atoms with Crippen LogP contribution in [-0.2, 0) is 0 Å². The summed E-state index contributed by atoms with van der Waals surface area (Å²) in [7, 11) is 0. The van der Waals surface area contributed by atoms with E-state index in [1.807, 2.05) is 54.3 Å². The van der Waals surface area contributed by atoms with Crippen LogP contribution in [0.4, 0.5) is 0 Å². The SMILES string of the molecule is CCOc1ccc(C(=O)N2CCC[C@@H]2c2ccc3c(c2)OCCO3)cc1. The Morgan fingerprint density at radius 1 is 1.12 bits per heavy atom. The molecule has 2 aliphatic heterocycles. The second kappa shape index (κ2) is 7.28. The summed E-state index contributed by atoms with van der Waals surface area (Å²) in [5.41, 5.74) is 1.80. The number of nitrogens with zero attached hydrogens (tertiary/aromatic N) is 1. The topological polar surface area (TPSA) is 48.0 Å². The maximum Gasteiger partial charge on any atom is 0.254 e. The maximum absolute atomic E-state index is 13.0. The molecule has 1 atom stereocenters. The highest BCUT2D eigenvalue weighted by Gasteiger charge is 2.31. The lowest BCUT2D eigenvalue weighted by molar-refractivity contribution is 0.0735. The molecule has 0 spiro atoms. The summed E-state index contributed by atoms with van der Waals surface area (Å²) in [6, 6.07) is 13.5. The van der Waals surface area contributed by atoms with Crippen LogP contribution in [-0.4, -0.2) is 37.2 Å². The number of fused-ring (bicyclic) bond motifs is 1. The van der Waals surface area contributed by atoms with Crippen molar-refractivity contribution in [1.82, 2.24) is 4.90 Å². The van der Waals surface area contributed by atoms with Crippen molar-refractivity contribution >= 4 is 5.91 Å². The minimum atomic E-state index is 0.0606. The van der Waals surface area contributed by atoms with Gasteiger partial charge in [-0.3, -0.25) is 4.79 Å². The van der Waals surface area contributed by atoms with E-state index in [9.17, 15) is 4.79 Å². The first-order valence-corrected chi connectivity index (χ1v) is 9.19. The van der Waals surface area contributed by atoms with Crippen molar-refractivity contribution in [3.8, 4) is 17.2 Å².